The number of amides is 1. The monoisotopic (exact) mass is 483 g/mol. The van der Waals surface area contributed by atoms with E-state index in [9.17, 15) is 14.7 Å². The lowest BCUT2D eigenvalue weighted by molar-refractivity contribution is -0.136. The van der Waals surface area contributed by atoms with Crippen LogP contribution in [0, 0.1) is 0 Å². The van der Waals surface area contributed by atoms with Crippen LogP contribution >= 0.6 is 11.6 Å². The van der Waals surface area contributed by atoms with Crippen molar-refractivity contribution in [3.8, 4) is 0 Å². The van der Waals surface area contributed by atoms with Crippen molar-refractivity contribution >= 4 is 39.8 Å². The molecule has 0 saturated carbocycles. The highest BCUT2D eigenvalue weighted by atomic mass is 35.5. The number of ketones is 1. The van der Waals surface area contributed by atoms with Gasteiger partial charge < -0.3 is 10.0 Å². The Morgan fingerprint density at radius 1 is 0.971 bits per heavy atom. The van der Waals surface area contributed by atoms with Crippen LogP contribution in [0.2, 0.25) is 5.02 Å². The fourth-order valence-corrected chi connectivity index (χ4v) is 5.01. The van der Waals surface area contributed by atoms with Gasteiger partial charge in [-0.1, -0.05) is 92.2 Å². The van der Waals surface area contributed by atoms with Crippen LogP contribution in [0.4, 0.5) is 5.69 Å². The number of hydrogen-bond donors (Lipinski definition) is 1. The number of nitrogens with zero attached hydrogens (tertiary/aromatic N) is 1. The summed E-state index contributed by atoms with van der Waals surface area (Å²) in [5.74, 6) is -0.472. The van der Waals surface area contributed by atoms with Crippen LogP contribution in [0.25, 0.3) is 10.8 Å². The number of anilines is 1. The minimum atomic E-state index is -1.99. The SMILES string of the molecule is CC(C)c1ccc(C(=O)C[C@]2(O)C(=O)N(Cc3cccc4ccccc34)c3ccc(Cl)cc32)cc1. The summed E-state index contributed by atoms with van der Waals surface area (Å²) in [7, 11) is 0. The van der Waals surface area contributed by atoms with Gasteiger partial charge in [0, 0.05) is 16.1 Å². The Balaban J connectivity index is 1.50. The maximum atomic E-state index is 13.7. The summed E-state index contributed by atoms with van der Waals surface area (Å²) in [6.07, 6.45) is -0.355. The maximum Gasteiger partial charge on any atom is 0.264 e. The fourth-order valence-electron chi connectivity index (χ4n) is 4.84. The highest BCUT2D eigenvalue weighted by molar-refractivity contribution is 6.31. The number of carbonyl (C=O) groups is 2. The van der Waals surface area contributed by atoms with E-state index >= 15 is 0 Å². The first-order chi connectivity index (χ1) is 16.8. The van der Waals surface area contributed by atoms with Gasteiger partial charge in [0.05, 0.1) is 18.7 Å². The molecule has 0 fully saturated rings. The number of hydrogen-bond acceptors (Lipinski definition) is 3. The Morgan fingerprint density at radius 3 is 2.43 bits per heavy atom. The van der Waals surface area contributed by atoms with Gasteiger partial charge in [-0.05, 0) is 46.0 Å². The fraction of sp³-hybridized carbons (Fsp3) is 0.200. The third kappa shape index (κ3) is 4.13. The van der Waals surface area contributed by atoms with Gasteiger partial charge in [0.25, 0.3) is 5.91 Å². The van der Waals surface area contributed by atoms with Gasteiger partial charge in [-0.25, -0.2) is 0 Å². The average Bonchev–Trinajstić information content (AvgIpc) is 3.05. The Morgan fingerprint density at radius 2 is 1.69 bits per heavy atom. The van der Waals surface area contributed by atoms with E-state index in [-0.39, 0.29) is 18.7 Å². The van der Waals surface area contributed by atoms with Crippen molar-refractivity contribution in [2.45, 2.75) is 38.3 Å². The molecule has 0 aliphatic carbocycles. The quantitative estimate of drug-likeness (QED) is 0.313. The standard InChI is InChI=1S/C30H26ClNO3/c1-19(2)20-10-12-22(13-11-20)28(33)17-30(35)26-16-24(31)14-15-27(26)32(29(30)34)18-23-8-5-7-21-6-3-4-9-25(21)23/h3-16,19,35H,17-18H2,1-2H3/t30-/m1/s1. The van der Waals surface area contributed by atoms with E-state index in [4.69, 9.17) is 11.6 Å². The van der Waals surface area contributed by atoms with Crippen LogP contribution in [0.15, 0.2) is 84.9 Å². The first-order valence-electron chi connectivity index (χ1n) is 11.7. The van der Waals surface area contributed by atoms with Crippen molar-refractivity contribution in [3.05, 3.63) is 112 Å². The van der Waals surface area contributed by atoms with E-state index in [1.807, 2.05) is 54.6 Å². The minimum Gasteiger partial charge on any atom is -0.375 e. The van der Waals surface area contributed by atoms with Crippen molar-refractivity contribution in [2.75, 3.05) is 4.90 Å². The minimum absolute atomic E-state index is 0.272. The zero-order chi connectivity index (χ0) is 24.7. The van der Waals surface area contributed by atoms with E-state index in [1.165, 1.54) is 0 Å². The Labute approximate surface area is 209 Å². The number of fused-ring (bicyclic) bond motifs is 2. The summed E-state index contributed by atoms with van der Waals surface area (Å²) in [4.78, 5) is 28.5. The van der Waals surface area contributed by atoms with Crippen LogP contribution in [0.1, 0.15) is 53.2 Å². The molecule has 4 aromatic carbocycles. The first kappa shape index (κ1) is 23.3. The summed E-state index contributed by atoms with van der Waals surface area (Å²) in [5, 5.41) is 14.2. The molecular formula is C30H26ClNO3. The molecule has 4 nitrogen and oxygen atoms in total. The topological polar surface area (TPSA) is 57.6 Å². The summed E-state index contributed by atoms with van der Waals surface area (Å²) in [5.41, 5.74) is 1.48. The van der Waals surface area contributed by atoms with Crippen LogP contribution in [0.3, 0.4) is 0 Å². The van der Waals surface area contributed by atoms with E-state index in [1.54, 1.807) is 35.2 Å². The smallest absolute Gasteiger partial charge is 0.264 e. The van der Waals surface area contributed by atoms with Crippen molar-refractivity contribution in [1.82, 2.24) is 0 Å². The number of Topliss-reactive ketones (excluding diaryl/α,β-unsaturated/α-hetero) is 1. The zero-order valence-electron chi connectivity index (χ0n) is 19.7. The molecule has 0 radical (unpaired) electrons. The van der Waals surface area contributed by atoms with E-state index < -0.39 is 11.5 Å². The molecule has 0 unspecified atom stereocenters. The molecule has 0 bridgehead atoms. The first-order valence-corrected chi connectivity index (χ1v) is 12.1. The lowest BCUT2D eigenvalue weighted by Gasteiger charge is -2.23. The molecule has 1 aliphatic heterocycles. The largest absolute Gasteiger partial charge is 0.375 e. The predicted molar refractivity (Wildman–Crippen MR) is 140 cm³/mol. The molecule has 35 heavy (non-hydrogen) atoms. The summed E-state index contributed by atoms with van der Waals surface area (Å²) in [6.45, 7) is 4.44. The molecule has 1 heterocycles. The van der Waals surface area contributed by atoms with Crippen LogP contribution in [-0.2, 0) is 16.9 Å². The number of halogens is 1. The zero-order valence-corrected chi connectivity index (χ0v) is 20.4. The van der Waals surface area contributed by atoms with Crippen LogP contribution < -0.4 is 4.90 Å². The lowest BCUT2D eigenvalue weighted by Crippen LogP contribution is -2.41. The Kier molecular flexibility index (Phi) is 5.96. The second-order valence-electron chi connectivity index (χ2n) is 9.43. The molecule has 0 aromatic heterocycles. The Hall–Kier alpha value is -3.47. The molecule has 1 N–H and O–H groups in total. The van der Waals surface area contributed by atoms with E-state index in [0.29, 0.717) is 27.8 Å². The second kappa shape index (κ2) is 8.95. The average molecular weight is 484 g/mol. The van der Waals surface area contributed by atoms with Gasteiger partial charge in [-0.3, -0.25) is 9.59 Å². The molecule has 1 amide bonds. The van der Waals surface area contributed by atoms with Crippen molar-refractivity contribution in [3.63, 3.8) is 0 Å². The van der Waals surface area contributed by atoms with Gasteiger partial charge in [-0.2, -0.15) is 0 Å². The van der Waals surface area contributed by atoms with Crippen molar-refractivity contribution < 1.29 is 14.7 Å². The molecule has 4 aromatic rings. The molecule has 0 spiro atoms. The molecule has 1 aliphatic rings. The third-order valence-corrected chi connectivity index (χ3v) is 7.05. The lowest BCUT2D eigenvalue weighted by atomic mass is 9.87. The number of carbonyl (C=O) groups excluding carboxylic acids is 2. The normalized spacial score (nSPS) is 17.3. The molecular weight excluding hydrogens is 458 g/mol. The van der Waals surface area contributed by atoms with Gasteiger partial charge in [0.15, 0.2) is 11.4 Å². The second-order valence-corrected chi connectivity index (χ2v) is 9.86. The predicted octanol–water partition coefficient (Wildman–Crippen LogP) is 6.62. The number of aliphatic hydroxyl groups is 1. The van der Waals surface area contributed by atoms with Gasteiger partial charge in [0.1, 0.15) is 0 Å². The molecule has 0 saturated heterocycles. The maximum absolute atomic E-state index is 13.7. The third-order valence-electron chi connectivity index (χ3n) is 6.82. The summed E-state index contributed by atoms with van der Waals surface area (Å²) in [6, 6.07) is 26.3. The molecule has 1 atom stereocenters. The van der Waals surface area contributed by atoms with Crippen molar-refractivity contribution in [1.29, 1.82) is 0 Å². The van der Waals surface area contributed by atoms with E-state index in [0.717, 1.165) is 21.9 Å². The molecule has 5 heteroatoms. The number of benzene rings is 4. The van der Waals surface area contributed by atoms with Gasteiger partial charge in [-0.15, -0.1) is 0 Å². The highest BCUT2D eigenvalue weighted by Crippen LogP contribution is 2.45. The van der Waals surface area contributed by atoms with E-state index in [2.05, 4.69) is 13.8 Å². The summed E-state index contributed by atoms with van der Waals surface area (Å²) < 4.78 is 0. The molecule has 176 valence electrons. The Bertz CT molecular complexity index is 1440. The van der Waals surface area contributed by atoms with Crippen molar-refractivity contribution in [2.24, 2.45) is 0 Å². The van der Waals surface area contributed by atoms with Gasteiger partial charge in [0.2, 0.25) is 0 Å². The molecule has 5 rings (SSSR count). The summed E-state index contributed by atoms with van der Waals surface area (Å²) >= 11 is 6.26. The van der Waals surface area contributed by atoms with Crippen LogP contribution in [0.5, 0.6) is 0 Å². The number of rotatable bonds is 6. The highest BCUT2D eigenvalue weighted by Gasteiger charge is 2.51. The van der Waals surface area contributed by atoms with Crippen LogP contribution in [-0.4, -0.2) is 16.8 Å². The van der Waals surface area contributed by atoms with Gasteiger partial charge >= 0.3 is 0 Å².